The summed E-state index contributed by atoms with van der Waals surface area (Å²) < 4.78 is 13.8. The molecular weight excluding hydrogens is 432 g/mol. The van der Waals surface area contributed by atoms with Crippen molar-refractivity contribution >= 4 is 34.8 Å². The van der Waals surface area contributed by atoms with E-state index >= 15 is 0 Å². The van der Waals surface area contributed by atoms with E-state index in [2.05, 4.69) is 0 Å². The second kappa shape index (κ2) is 8.41. The summed E-state index contributed by atoms with van der Waals surface area (Å²) in [5, 5.41) is 4.79. The molecule has 7 heteroatoms. The van der Waals surface area contributed by atoms with Crippen molar-refractivity contribution in [2.24, 2.45) is 0 Å². The fourth-order valence-corrected chi connectivity index (χ4v) is 4.29. The summed E-state index contributed by atoms with van der Waals surface area (Å²) in [6, 6.07) is 19.0. The van der Waals surface area contributed by atoms with Crippen molar-refractivity contribution < 1.29 is 14.3 Å². The van der Waals surface area contributed by atoms with Crippen LogP contribution in [0.15, 0.2) is 72.9 Å². The normalized spacial score (nSPS) is 12.9. The number of thiophene rings is 1. The van der Waals surface area contributed by atoms with Gasteiger partial charge in [-0.15, -0.1) is 11.3 Å². The number of hydrogen-bond acceptors (Lipinski definition) is 5. The van der Waals surface area contributed by atoms with E-state index in [4.69, 9.17) is 26.2 Å². The third-order valence-electron chi connectivity index (χ3n) is 4.81. The quantitative estimate of drug-likeness (QED) is 0.281. The molecule has 0 bridgehead atoms. The Morgan fingerprint density at radius 2 is 1.84 bits per heavy atom. The molecule has 3 heterocycles. The van der Waals surface area contributed by atoms with E-state index in [0.717, 1.165) is 28.3 Å². The van der Waals surface area contributed by atoms with Crippen molar-refractivity contribution in [1.82, 2.24) is 9.78 Å². The molecule has 0 N–H and O–H groups in total. The smallest absolute Gasteiger partial charge is 0.195 e. The van der Waals surface area contributed by atoms with E-state index < -0.39 is 0 Å². The number of carbonyl (C=O) groups excluding carboxylic acids is 1. The van der Waals surface area contributed by atoms with Crippen molar-refractivity contribution in [2.45, 2.75) is 0 Å². The Balaban J connectivity index is 1.55. The van der Waals surface area contributed by atoms with Gasteiger partial charge in [0.2, 0.25) is 0 Å². The fourth-order valence-electron chi connectivity index (χ4n) is 3.33. The van der Waals surface area contributed by atoms with E-state index in [-0.39, 0.29) is 5.78 Å². The van der Waals surface area contributed by atoms with Crippen molar-refractivity contribution in [1.29, 1.82) is 0 Å². The number of allylic oxidation sites excluding steroid dienone is 1. The van der Waals surface area contributed by atoms with Crippen molar-refractivity contribution in [3.63, 3.8) is 0 Å². The standard InChI is InChI=1S/C24H17ClN2O3S/c25-23-11-10-22(31-23)19(28)8-6-17-15-27(18-4-2-1-3-5-18)26-24(17)16-7-9-20-21(14-16)30-13-12-29-20/h1-11,14-15H,12-13H2. The molecule has 0 fully saturated rings. The van der Waals surface area contributed by atoms with Crippen LogP contribution >= 0.6 is 22.9 Å². The summed E-state index contributed by atoms with van der Waals surface area (Å²) in [7, 11) is 0. The van der Waals surface area contributed by atoms with Gasteiger partial charge >= 0.3 is 0 Å². The summed E-state index contributed by atoms with van der Waals surface area (Å²) in [5.74, 6) is 1.31. The number of para-hydroxylation sites is 1. The molecule has 0 saturated heterocycles. The summed E-state index contributed by atoms with van der Waals surface area (Å²) in [6.07, 6.45) is 5.25. The molecule has 0 atom stereocenters. The van der Waals surface area contributed by atoms with E-state index in [1.165, 1.54) is 11.3 Å². The number of nitrogens with zero attached hydrogens (tertiary/aromatic N) is 2. The SMILES string of the molecule is O=C(C=Cc1cn(-c2ccccc2)nc1-c1ccc2c(c1)OCCO2)c1ccc(Cl)s1. The maximum Gasteiger partial charge on any atom is 0.195 e. The van der Waals surface area contributed by atoms with Gasteiger partial charge in [-0.2, -0.15) is 5.10 Å². The lowest BCUT2D eigenvalue weighted by Gasteiger charge is -2.18. The zero-order chi connectivity index (χ0) is 21.2. The Morgan fingerprint density at radius 3 is 2.61 bits per heavy atom. The molecule has 0 unspecified atom stereocenters. The monoisotopic (exact) mass is 448 g/mol. The highest BCUT2D eigenvalue weighted by Gasteiger charge is 2.16. The highest BCUT2D eigenvalue weighted by molar-refractivity contribution is 7.18. The number of ether oxygens (including phenoxy) is 2. The van der Waals surface area contributed by atoms with Gasteiger partial charge in [0.25, 0.3) is 0 Å². The van der Waals surface area contributed by atoms with Gasteiger partial charge < -0.3 is 9.47 Å². The summed E-state index contributed by atoms with van der Waals surface area (Å²) in [5.41, 5.74) is 3.37. The first-order chi connectivity index (χ1) is 15.2. The predicted octanol–water partition coefficient (Wildman–Crippen LogP) is 5.92. The van der Waals surface area contributed by atoms with E-state index in [0.29, 0.717) is 28.2 Å². The van der Waals surface area contributed by atoms with Crippen molar-refractivity contribution in [2.75, 3.05) is 13.2 Å². The first kappa shape index (κ1) is 19.6. The van der Waals surface area contributed by atoms with E-state index in [1.54, 1.807) is 29.0 Å². The van der Waals surface area contributed by atoms with Gasteiger partial charge in [0.05, 0.1) is 14.9 Å². The maximum absolute atomic E-state index is 12.5. The van der Waals surface area contributed by atoms with Gasteiger partial charge in [-0.3, -0.25) is 4.79 Å². The van der Waals surface area contributed by atoms with Crippen LogP contribution in [-0.4, -0.2) is 28.8 Å². The van der Waals surface area contributed by atoms with Gasteiger partial charge in [-0.25, -0.2) is 4.68 Å². The lowest BCUT2D eigenvalue weighted by atomic mass is 10.1. The first-order valence-corrected chi connectivity index (χ1v) is 10.9. The third-order valence-corrected chi connectivity index (χ3v) is 6.05. The van der Waals surface area contributed by atoms with Crippen molar-refractivity contribution in [3.05, 3.63) is 87.7 Å². The number of hydrogen-bond donors (Lipinski definition) is 0. The van der Waals surface area contributed by atoms with Crippen LogP contribution in [0.1, 0.15) is 15.2 Å². The van der Waals surface area contributed by atoms with Crippen LogP contribution in [0, 0.1) is 0 Å². The van der Waals surface area contributed by atoms with Crippen LogP contribution in [0.5, 0.6) is 11.5 Å². The van der Waals surface area contributed by atoms with E-state index in [9.17, 15) is 4.79 Å². The van der Waals surface area contributed by atoms with Crippen molar-refractivity contribution in [3.8, 4) is 28.4 Å². The van der Waals surface area contributed by atoms with Gasteiger partial charge in [0, 0.05) is 17.3 Å². The van der Waals surface area contributed by atoms with Gasteiger partial charge in [-0.05, 0) is 54.6 Å². The van der Waals surface area contributed by atoms with Gasteiger partial charge in [0.15, 0.2) is 17.3 Å². The summed E-state index contributed by atoms with van der Waals surface area (Å²) in [6.45, 7) is 1.05. The fraction of sp³-hybridized carbons (Fsp3) is 0.0833. The Morgan fingerprint density at radius 1 is 1.03 bits per heavy atom. The molecule has 4 aromatic rings. The molecule has 0 radical (unpaired) electrons. The largest absolute Gasteiger partial charge is 0.486 e. The molecule has 1 aliphatic rings. The zero-order valence-corrected chi connectivity index (χ0v) is 17.9. The molecule has 0 aliphatic carbocycles. The van der Waals surface area contributed by atoms with Gasteiger partial charge in [-0.1, -0.05) is 29.8 Å². The minimum Gasteiger partial charge on any atom is -0.486 e. The number of aromatic nitrogens is 2. The highest BCUT2D eigenvalue weighted by atomic mass is 35.5. The topological polar surface area (TPSA) is 53.4 Å². The molecule has 154 valence electrons. The number of benzene rings is 2. The number of ketones is 1. The molecule has 0 saturated carbocycles. The Bertz CT molecular complexity index is 1280. The summed E-state index contributed by atoms with van der Waals surface area (Å²) in [4.78, 5) is 13.1. The number of rotatable bonds is 5. The molecule has 1 aliphatic heterocycles. The molecule has 31 heavy (non-hydrogen) atoms. The molecule has 0 spiro atoms. The third kappa shape index (κ3) is 4.13. The van der Waals surface area contributed by atoms with Crippen LogP contribution in [0.3, 0.4) is 0 Å². The highest BCUT2D eigenvalue weighted by Crippen LogP contribution is 2.35. The second-order valence-electron chi connectivity index (χ2n) is 6.87. The maximum atomic E-state index is 12.5. The predicted molar refractivity (Wildman–Crippen MR) is 123 cm³/mol. The van der Waals surface area contributed by atoms with Crippen LogP contribution in [0.25, 0.3) is 23.0 Å². The average molecular weight is 449 g/mol. The molecular formula is C24H17ClN2O3S. The minimum atomic E-state index is -0.0996. The minimum absolute atomic E-state index is 0.0996. The van der Waals surface area contributed by atoms with Gasteiger partial charge in [0.1, 0.15) is 18.9 Å². The Labute approximate surface area is 188 Å². The molecule has 0 amide bonds. The number of fused-ring (bicyclic) bond motifs is 1. The molecule has 5 nitrogen and oxygen atoms in total. The number of carbonyl (C=O) groups is 1. The lowest BCUT2D eigenvalue weighted by molar-refractivity contribution is 0.105. The Kier molecular flexibility index (Phi) is 5.32. The van der Waals surface area contributed by atoms with Crippen LogP contribution in [-0.2, 0) is 0 Å². The average Bonchev–Trinajstić information content (AvgIpc) is 3.44. The summed E-state index contributed by atoms with van der Waals surface area (Å²) >= 11 is 7.23. The van der Waals surface area contributed by atoms with Crippen LogP contribution < -0.4 is 9.47 Å². The molecule has 2 aromatic heterocycles. The lowest BCUT2D eigenvalue weighted by Crippen LogP contribution is -2.15. The first-order valence-electron chi connectivity index (χ1n) is 9.70. The second-order valence-corrected chi connectivity index (χ2v) is 8.59. The van der Waals surface area contributed by atoms with Crippen LogP contribution in [0.4, 0.5) is 0 Å². The van der Waals surface area contributed by atoms with Crippen LogP contribution in [0.2, 0.25) is 4.34 Å². The van der Waals surface area contributed by atoms with E-state index in [1.807, 2.05) is 54.7 Å². The number of halogens is 1. The molecule has 5 rings (SSSR count). The Hall–Kier alpha value is -3.35. The zero-order valence-electron chi connectivity index (χ0n) is 16.3. The molecule has 2 aromatic carbocycles.